The number of hydrogen-bond acceptors (Lipinski definition) is 0. The van der Waals surface area contributed by atoms with Gasteiger partial charge in [0, 0.05) is 0 Å². The summed E-state index contributed by atoms with van der Waals surface area (Å²) in [5, 5.41) is 0. The summed E-state index contributed by atoms with van der Waals surface area (Å²) in [4.78, 5) is 0. The smallest absolute Gasteiger partial charge is 0.0295 e. The molecule has 15 heavy (non-hydrogen) atoms. The molecule has 0 saturated heterocycles. The van der Waals surface area contributed by atoms with Crippen molar-refractivity contribution in [3.05, 3.63) is 0 Å². The molecule has 88 valence electrons. The van der Waals surface area contributed by atoms with E-state index >= 15 is 0 Å². The minimum absolute atomic E-state index is 0.643. The Balaban J connectivity index is 1.90. The molecule has 2 rings (SSSR count). The van der Waals surface area contributed by atoms with Gasteiger partial charge in [0.25, 0.3) is 0 Å². The molecule has 4 atom stereocenters. The molecule has 0 heterocycles. The van der Waals surface area contributed by atoms with E-state index in [1.54, 1.807) is 0 Å². The zero-order valence-corrected chi connectivity index (χ0v) is 11.1. The third-order valence-corrected chi connectivity index (χ3v) is 5.28. The third kappa shape index (κ3) is 2.24. The molecule has 0 aromatic heterocycles. The van der Waals surface area contributed by atoms with E-state index in [2.05, 4.69) is 27.7 Å². The Morgan fingerprint density at radius 2 is 1.87 bits per heavy atom. The standard InChI is InChI=1S/C15H28/c1-5-6-12-10-14(12)15(3,4)13-8-7-11(2)9-13/h11-14H,5-10H2,1-4H3. The predicted molar refractivity (Wildman–Crippen MR) is 66.8 cm³/mol. The second-order valence-corrected chi connectivity index (χ2v) is 6.83. The van der Waals surface area contributed by atoms with Crippen molar-refractivity contribution in [2.24, 2.45) is 29.1 Å². The van der Waals surface area contributed by atoms with E-state index in [9.17, 15) is 0 Å². The van der Waals surface area contributed by atoms with Crippen molar-refractivity contribution in [2.45, 2.75) is 66.2 Å². The highest BCUT2D eigenvalue weighted by atomic mass is 14.6. The molecule has 0 aromatic rings. The number of rotatable bonds is 4. The zero-order valence-electron chi connectivity index (χ0n) is 11.1. The van der Waals surface area contributed by atoms with Crippen LogP contribution in [0.15, 0.2) is 0 Å². The molecule has 0 amide bonds. The molecule has 0 aromatic carbocycles. The van der Waals surface area contributed by atoms with Gasteiger partial charge in [-0.25, -0.2) is 0 Å². The fraction of sp³-hybridized carbons (Fsp3) is 1.00. The van der Waals surface area contributed by atoms with E-state index < -0.39 is 0 Å². The van der Waals surface area contributed by atoms with Crippen molar-refractivity contribution in [3.8, 4) is 0 Å². The molecule has 4 unspecified atom stereocenters. The van der Waals surface area contributed by atoms with E-state index in [1.807, 2.05) is 0 Å². The van der Waals surface area contributed by atoms with Crippen molar-refractivity contribution in [2.75, 3.05) is 0 Å². The molecule has 0 aliphatic heterocycles. The van der Waals surface area contributed by atoms with Crippen molar-refractivity contribution < 1.29 is 0 Å². The van der Waals surface area contributed by atoms with Crippen LogP contribution in [0.25, 0.3) is 0 Å². The quantitative estimate of drug-likeness (QED) is 0.617. The fourth-order valence-electron chi connectivity index (χ4n) is 4.03. The van der Waals surface area contributed by atoms with E-state index in [0.717, 1.165) is 23.7 Å². The van der Waals surface area contributed by atoms with Crippen molar-refractivity contribution >= 4 is 0 Å². The molecule has 0 radical (unpaired) electrons. The molecule has 0 nitrogen and oxygen atoms in total. The van der Waals surface area contributed by atoms with Crippen molar-refractivity contribution in [1.29, 1.82) is 0 Å². The second kappa shape index (κ2) is 4.11. The Kier molecular flexibility index (Phi) is 3.14. The SMILES string of the molecule is CCCC1CC1C(C)(C)C1CCC(C)C1. The summed E-state index contributed by atoms with van der Waals surface area (Å²) in [5.74, 6) is 4.17. The lowest BCUT2D eigenvalue weighted by molar-refractivity contribution is 0.165. The molecule has 2 aliphatic carbocycles. The Hall–Kier alpha value is 0. The van der Waals surface area contributed by atoms with Gasteiger partial charge < -0.3 is 0 Å². The van der Waals surface area contributed by atoms with E-state index in [-0.39, 0.29) is 0 Å². The van der Waals surface area contributed by atoms with Gasteiger partial charge in [0.05, 0.1) is 0 Å². The van der Waals surface area contributed by atoms with Gasteiger partial charge in [-0.2, -0.15) is 0 Å². The molecule has 0 bridgehead atoms. The summed E-state index contributed by atoms with van der Waals surface area (Å²) >= 11 is 0. The van der Waals surface area contributed by atoms with Crippen LogP contribution in [-0.2, 0) is 0 Å². The molecular formula is C15H28. The Labute approximate surface area is 95.8 Å². The van der Waals surface area contributed by atoms with Gasteiger partial charge >= 0.3 is 0 Å². The summed E-state index contributed by atoms with van der Waals surface area (Å²) in [6, 6.07) is 0. The molecule has 0 spiro atoms. The summed E-state index contributed by atoms with van der Waals surface area (Å²) in [6.45, 7) is 9.87. The van der Waals surface area contributed by atoms with Gasteiger partial charge in [-0.15, -0.1) is 0 Å². The first-order valence-electron chi connectivity index (χ1n) is 7.05. The van der Waals surface area contributed by atoms with E-state index in [1.165, 1.54) is 38.5 Å². The van der Waals surface area contributed by atoms with Gasteiger partial charge in [0.1, 0.15) is 0 Å². The first kappa shape index (κ1) is 11.5. The Morgan fingerprint density at radius 1 is 1.13 bits per heavy atom. The Bertz CT molecular complexity index is 216. The molecule has 2 saturated carbocycles. The monoisotopic (exact) mass is 208 g/mol. The molecule has 0 N–H and O–H groups in total. The van der Waals surface area contributed by atoms with Crippen LogP contribution in [0.2, 0.25) is 0 Å². The highest BCUT2D eigenvalue weighted by Crippen LogP contribution is 2.59. The average molecular weight is 208 g/mol. The van der Waals surface area contributed by atoms with Crippen molar-refractivity contribution in [3.63, 3.8) is 0 Å². The summed E-state index contributed by atoms with van der Waals surface area (Å²) in [7, 11) is 0. The largest absolute Gasteiger partial charge is 0.0654 e. The lowest BCUT2D eigenvalue weighted by atomic mass is 9.72. The van der Waals surface area contributed by atoms with Crippen LogP contribution in [0.5, 0.6) is 0 Å². The summed E-state index contributed by atoms with van der Waals surface area (Å²) in [6.07, 6.45) is 8.89. The number of hydrogen-bond donors (Lipinski definition) is 0. The highest BCUT2D eigenvalue weighted by molar-refractivity contribution is 5.00. The maximum absolute atomic E-state index is 2.55. The van der Waals surface area contributed by atoms with Crippen molar-refractivity contribution in [1.82, 2.24) is 0 Å². The Morgan fingerprint density at radius 3 is 2.40 bits per heavy atom. The molecule has 0 heteroatoms. The first-order chi connectivity index (χ1) is 7.05. The minimum atomic E-state index is 0.643. The van der Waals surface area contributed by atoms with Gasteiger partial charge in [0.15, 0.2) is 0 Å². The zero-order chi connectivity index (χ0) is 11.1. The normalized spacial score (nSPS) is 40.8. The average Bonchev–Trinajstić information content (AvgIpc) is 2.81. The lowest BCUT2D eigenvalue weighted by Crippen LogP contribution is -2.25. The topological polar surface area (TPSA) is 0 Å². The van der Waals surface area contributed by atoms with Gasteiger partial charge in [-0.3, -0.25) is 0 Å². The van der Waals surface area contributed by atoms with Crippen LogP contribution < -0.4 is 0 Å². The fourth-order valence-corrected chi connectivity index (χ4v) is 4.03. The van der Waals surface area contributed by atoms with Gasteiger partial charge in [0.2, 0.25) is 0 Å². The minimum Gasteiger partial charge on any atom is -0.0654 e. The van der Waals surface area contributed by atoms with Crippen LogP contribution in [0.1, 0.15) is 66.2 Å². The summed E-state index contributed by atoms with van der Waals surface area (Å²) < 4.78 is 0. The predicted octanol–water partition coefficient (Wildman–Crippen LogP) is 4.89. The highest BCUT2D eigenvalue weighted by Gasteiger charge is 2.50. The van der Waals surface area contributed by atoms with Crippen LogP contribution in [0, 0.1) is 29.1 Å². The van der Waals surface area contributed by atoms with Crippen LogP contribution in [0.4, 0.5) is 0 Å². The first-order valence-corrected chi connectivity index (χ1v) is 7.05. The van der Waals surface area contributed by atoms with Gasteiger partial charge in [-0.05, 0) is 48.3 Å². The molecular weight excluding hydrogens is 180 g/mol. The maximum Gasteiger partial charge on any atom is -0.0295 e. The second-order valence-electron chi connectivity index (χ2n) is 6.83. The maximum atomic E-state index is 2.55. The van der Waals surface area contributed by atoms with Gasteiger partial charge in [-0.1, -0.05) is 47.0 Å². The lowest BCUT2D eigenvalue weighted by Gasteiger charge is -2.33. The molecule has 2 fully saturated rings. The van der Waals surface area contributed by atoms with E-state index in [4.69, 9.17) is 0 Å². The third-order valence-electron chi connectivity index (χ3n) is 5.28. The molecule has 2 aliphatic rings. The van der Waals surface area contributed by atoms with Crippen LogP contribution in [-0.4, -0.2) is 0 Å². The summed E-state index contributed by atoms with van der Waals surface area (Å²) in [5.41, 5.74) is 0.643. The van der Waals surface area contributed by atoms with E-state index in [0.29, 0.717) is 5.41 Å². The van der Waals surface area contributed by atoms with Crippen LogP contribution in [0.3, 0.4) is 0 Å². The van der Waals surface area contributed by atoms with Crippen LogP contribution >= 0.6 is 0 Å².